The zero-order chi connectivity index (χ0) is 13.8. The Hall–Kier alpha value is -2.30. The summed E-state index contributed by atoms with van der Waals surface area (Å²) in [5.74, 6) is -0.0568. The van der Waals surface area contributed by atoms with Crippen molar-refractivity contribution < 1.29 is 4.79 Å². The maximum Gasteiger partial charge on any atom is 0.261 e. The molecule has 0 unspecified atom stereocenters. The van der Waals surface area contributed by atoms with E-state index in [1.165, 1.54) is 0 Å². The van der Waals surface area contributed by atoms with Crippen LogP contribution in [0.2, 0.25) is 0 Å². The molecule has 1 heterocycles. The third-order valence-electron chi connectivity index (χ3n) is 2.93. The first-order valence-electron chi connectivity index (χ1n) is 6.31. The van der Waals surface area contributed by atoms with E-state index < -0.39 is 0 Å². The number of nitrogens with zero attached hydrogens (tertiary/aromatic N) is 2. The number of carbonyl (C=O) groups is 1. The van der Waals surface area contributed by atoms with Crippen molar-refractivity contribution in [2.45, 2.75) is 20.3 Å². The van der Waals surface area contributed by atoms with Gasteiger partial charge in [-0.25, -0.2) is 0 Å². The number of nitrogen functional groups attached to an aromatic ring is 1. The number of anilines is 2. The number of amides is 1. The number of hydrogen-bond acceptors (Lipinski definition) is 3. The van der Waals surface area contributed by atoms with Crippen LogP contribution in [0, 0.1) is 6.92 Å². The second-order valence-corrected chi connectivity index (χ2v) is 4.46. The van der Waals surface area contributed by atoms with E-state index >= 15 is 0 Å². The van der Waals surface area contributed by atoms with Crippen molar-refractivity contribution in [1.29, 1.82) is 0 Å². The minimum atomic E-state index is -0.0568. The Kier molecular flexibility index (Phi) is 3.85. The number of nitrogens with one attached hydrogen (secondary N) is 1. The molecule has 1 aromatic carbocycles. The van der Waals surface area contributed by atoms with Crippen LogP contribution in [0.1, 0.15) is 29.4 Å². The maximum atomic E-state index is 12.6. The zero-order valence-electron chi connectivity index (χ0n) is 11.2. The molecule has 0 saturated carbocycles. The highest BCUT2D eigenvalue weighted by Crippen LogP contribution is 2.21. The van der Waals surface area contributed by atoms with Crippen LogP contribution in [0.25, 0.3) is 0 Å². The van der Waals surface area contributed by atoms with Gasteiger partial charge in [-0.05, 0) is 31.5 Å². The fraction of sp³-hybridized carbons (Fsp3) is 0.286. The van der Waals surface area contributed by atoms with Crippen molar-refractivity contribution in [3.8, 4) is 0 Å². The van der Waals surface area contributed by atoms with Gasteiger partial charge in [0.2, 0.25) is 0 Å². The van der Waals surface area contributed by atoms with Crippen LogP contribution in [0.5, 0.6) is 0 Å². The van der Waals surface area contributed by atoms with E-state index in [0.29, 0.717) is 17.8 Å². The molecule has 0 aliphatic rings. The topological polar surface area (TPSA) is 75.0 Å². The van der Waals surface area contributed by atoms with Crippen LogP contribution in [0.4, 0.5) is 11.4 Å². The molecule has 0 radical (unpaired) electrons. The van der Waals surface area contributed by atoms with Crippen LogP contribution < -0.4 is 10.6 Å². The van der Waals surface area contributed by atoms with Gasteiger partial charge < -0.3 is 10.6 Å². The number of nitrogens with two attached hydrogens (primary N) is 1. The number of hydrogen-bond donors (Lipinski definition) is 2. The number of H-pyrrole nitrogens is 1. The summed E-state index contributed by atoms with van der Waals surface area (Å²) in [5.41, 5.74) is 8.61. The molecule has 1 amide bonds. The summed E-state index contributed by atoms with van der Waals surface area (Å²) in [4.78, 5) is 14.3. The monoisotopic (exact) mass is 258 g/mol. The summed E-state index contributed by atoms with van der Waals surface area (Å²) >= 11 is 0. The summed E-state index contributed by atoms with van der Waals surface area (Å²) in [6.07, 6.45) is 2.43. The van der Waals surface area contributed by atoms with Gasteiger partial charge in [-0.15, -0.1) is 0 Å². The van der Waals surface area contributed by atoms with E-state index in [-0.39, 0.29) is 5.91 Å². The number of aryl methyl sites for hydroxylation is 1. The molecule has 19 heavy (non-hydrogen) atoms. The first-order valence-corrected chi connectivity index (χ1v) is 6.31. The second-order valence-electron chi connectivity index (χ2n) is 4.46. The fourth-order valence-corrected chi connectivity index (χ4v) is 1.98. The Morgan fingerprint density at radius 2 is 2.26 bits per heavy atom. The lowest BCUT2D eigenvalue weighted by molar-refractivity contribution is 0.0986. The van der Waals surface area contributed by atoms with Gasteiger partial charge in [0, 0.05) is 23.6 Å². The minimum absolute atomic E-state index is 0.0568. The van der Waals surface area contributed by atoms with Crippen LogP contribution in [-0.4, -0.2) is 22.6 Å². The number of carbonyl (C=O) groups excluding carboxylic acids is 1. The van der Waals surface area contributed by atoms with Gasteiger partial charge in [-0.2, -0.15) is 5.10 Å². The SMILES string of the molecule is CCCN(C(=O)c1cn[nH]c1C)c1cccc(N)c1. The van der Waals surface area contributed by atoms with Crippen molar-refractivity contribution in [1.82, 2.24) is 10.2 Å². The van der Waals surface area contributed by atoms with Gasteiger partial charge in [0.05, 0.1) is 11.8 Å². The molecular formula is C14H18N4O. The third-order valence-corrected chi connectivity index (χ3v) is 2.93. The summed E-state index contributed by atoms with van der Waals surface area (Å²) in [6, 6.07) is 7.35. The molecule has 0 aliphatic carbocycles. The molecular weight excluding hydrogens is 240 g/mol. The highest BCUT2D eigenvalue weighted by molar-refractivity contribution is 6.06. The lowest BCUT2D eigenvalue weighted by Gasteiger charge is -2.22. The fourth-order valence-electron chi connectivity index (χ4n) is 1.98. The summed E-state index contributed by atoms with van der Waals surface area (Å²) < 4.78 is 0. The lowest BCUT2D eigenvalue weighted by atomic mass is 10.2. The van der Waals surface area contributed by atoms with Crippen molar-refractivity contribution in [3.63, 3.8) is 0 Å². The largest absolute Gasteiger partial charge is 0.399 e. The van der Waals surface area contributed by atoms with Gasteiger partial charge >= 0.3 is 0 Å². The average molecular weight is 258 g/mol. The standard InChI is InChI=1S/C14H18N4O/c1-3-7-18(12-6-4-5-11(15)8-12)14(19)13-9-16-17-10(13)2/h4-6,8-9H,3,7,15H2,1-2H3,(H,16,17). The molecule has 0 bridgehead atoms. The Labute approximate surface area is 112 Å². The minimum Gasteiger partial charge on any atom is -0.399 e. The molecule has 0 atom stereocenters. The van der Waals surface area contributed by atoms with Crippen molar-refractivity contribution >= 4 is 17.3 Å². The van der Waals surface area contributed by atoms with E-state index in [1.807, 2.05) is 32.0 Å². The molecule has 5 nitrogen and oxygen atoms in total. The highest BCUT2D eigenvalue weighted by Gasteiger charge is 2.19. The zero-order valence-corrected chi connectivity index (χ0v) is 11.2. The Bertz CT molecular complexity index is 576. The molecule has 100 valence electrons. The Morgan fingerprint density at radius 3 is 2.84 bits per heavy atom. The number of benzene rings is 1. The van der Waals surface area contributed by atoms with Crippen molar-refractivity contribution in [3.05, 3.63) is 41.7 Å². The quantitative estimate of drug-likeness (QED) is 0.827. The van der Waals surface area contributed by atoms with Crippen molar-refractivity contribution in [2.75, 3.05) is 17.2 Å². The van der Waals surface area contributed by atoms with Gasteiger partial charge in [0.15, 0.2) is 0 Å². The average Bonchev–Trinajstić information content (AvgIpc) is 2.81. The van der Waals surface area contributed by atoms with E-state index in [0.717, 1.165) is 17.8 Å². The van der Waals surface area contributed by atoms with Crippen LogP contribution in [0.15, 0.2) is 30.5 Å². The van der Waals surface area contributed by atoms with Gasteiger partial charge in [0.25, 0.3) is 5.91 Å². The molecule has 0 fully saturated rings. The summed E-state index contributed by atoms with van der Waals surface area (Å²) in [6.45, 7) is 4.52. The van der Waals surface area contributed by atoms with Gasteiger partial charge in [-0.3, -0.25) is 9.89 Å². The lowest BCUT2D eigenvalue weighted by Crippen LogP contribution is -2.31. The smallest absolute Gasteiger partial charge is 0.261 e. The predicted molar refractivity (Wildman–Crippen MR) is 76.1 cm³/mol. The van der Waals surface area contributed by atoms with E-state index in [2.05, 4.69) is 10.2 Å². The van der Waals surface area contributed by atoms with Gasteiger partial charge in [-0.1, -0.05) is 13.0 Å². The highest BCUT2D eigenvalue weighted by atomic mass is 16.2. The number of aromatic amines is 1. The molecule has 0 spiro atoms. The van der Waals surface area contributed by atoms with E-state index in [4.69, 9.17) is 5.73 Å². The van der Waals surface area contributed by atoms with E-state index in [1.54, 1.807) is 17.2 Å². The Morgan fingerprint density at radius 1 is 1.47 bits per heavy atom. The number of aromatic nitrogens is 2. The molecule has 2 aromatic rings. The molecule has 1 aromatic heterocycles. The normalized spacial score (nSPS) is 10.4. The molecule has 0 aliphatic heterocycles. The first-order chi connectivity index (χ1) is 9.13. The first kappa shape index (κ1) is 13.1. The molecule has 3 N–H and O–H groups in total. The van der Waals surface area contributed by atoms with Crippen LogP contribution in [0.3, 0.4) is 0 Å². The third kappa shape index (κ3) is 2.76. The summed E-state index contributed by atoms with van der Waals surface area (Å²) in [5, 5.41) is 6.69. The number of rotatable bonds is 4. The maximum absolute atomic E-state index is 12.6. The summed E-state index contributed by atoms with van der Waals surface area (Å²) in [7, 11) is 0. The van der Waals surface area contributed by atoms with E-state index in [9.17, 15) is 4.79 Å². The Balaban J connectivity index is 2.35. The van der Waals surface area contributed by atoms with Crippen LogP contribution >= 0.6 is 0 Å². The molecule has 5 heteroatoms. The predicted octanol–water partition coefficient (Wildman–Crippen LogP) is 2.36. The van der Waals surface area contributed by atoms with Gasteiger partial charge in [0.1, 0.15) is 0 Å². The second kappa shape index (κ2) is 5.56. The molecule has 2 rings (SSSR count). The van der Waals surface area contributed by atoms with Crippen LogP contribution in [-0.2, 0) is 0 Å². The molecule has 0 saturated heterocycles. The van der Waals surface area contributed by atoms with Crippen molar-refractivity contribution in [2.24, 2.45) is 0 Å².